The smallest absolute Gasteiger partial charge is 0.319 e. The van der Waals surface area contributed by atoms with Gasteiger partial charge in [-0.15, -0.1) is 0 Å². The van der Waals surface area contributed by atoms with Gasteiger partial charge in [0.2, 0.25) is 0 Å². The van der Waals surface area contributed by atoms with Crippen molar-refractivity contribution in [2.75, 3.05) is 44.4 Å². The third-order valence-corrected chi connectivity index (χ3v) is 8.46. The van der Waals surface area contributed by atoms with E-state index in [-0.39, 0.29) is 18.8 Å². The van der Waals surface area contributed by atoms with Crippen LogP contribution in [0.1, 0.15) is 62.7 Å². The van der Waals surface area contributed by atoms with E-state index in [0.717, 1.165) is 46.9 Å². The van der Waals surface area contributed by atoms with Gasteiger partial charge in [0.1, 0.15) is 29.1 Å². The van der Waals surface area contributed by atoms with Crippen LogP contribution in [0.15, 0.2) is 40.9 Å². The van der Waals surface area contributed by atoms with Gasteiger partial charge < -0.3 is 29.0 Å². The van der Waals surface area contributed by atoms with E-state index >= 15 is 0 Å². The van der Waals surface area contributed by atoms with Crippen LogP contribution in [0.4, 0.5) is 5.82 Å². The zero-order chi connectivity index (χ0) is 27.0. The number of hydrogen-bond acceptors (Lipinski definition) is 8. The number of aromatic nitrogens is 2. The first-order valence-corrected chi connectivity index (χ1v) is 14.7. The van der Waals surface area contributed by atoms with E-state index in [2.05, 4.69) is 46.0 Å². The number of nitrogens with zero attached hydrogens (tertiary/aromatic N) is 3. The van der Waals surface area contributed by atoms with Crippen molar-refractivity contribution in [3.8, 4) is 11.8 Å². The standard InChI is InChI=1S/C30H36BrN3O5/c1-19(20-6-4-3-5-7-20)38-27-25(31)23(21-8-9-21)16-24-26(27)32-29(39-22-10-13-36-14-11-22)33-28(24)34-12-15-37-18-30(2,35)17-34/h3-7,16,19,21-22,35H,8-15,17-18H2,1-2H3/t19-,30?/m0/s1. The summed E-state index contributed by atoms with van der Waals surface area (Å²) in [5.74, 6) is 1.91. The first-order valence-electron chi connectivity index (χ1n) is 13.9. The van der Waals surface area contributed by atoms with Crippen molar-refractivity contribution in [3.05, 3.63) is 52.0 Å². The maximum atomic E-state index is 11.0. The summed E-state index contributed by atoms with van der Waals surface area (Å²) in [5.41, 5.74) is 1.98. The molecule has 2 aromatic carbocycles. The maximum absolute atomic E-state index is 11.0. The molecule has 0 radical (unpaired) electrons. The SMILES string of the molecule is C[C@H](Oc1c(Br)c(C2CC2)cc2c(N3CCOCC(C)(O)C3)nc(OC3CCOCC3)nc12)c1ccccc1. The van der Waals surface area contributed by atoms with E-state index in [1.165, 1.54) is 5.56 Å². The number of ether oxygens (including phenoxy) is 4. The van der Waals surface area contributed by atoms with Crippen molar-refractivity contribution in [2.45, 2.75) is 63.3 Å². The number of halogens is 1. The number of aliphatic hydroxyl groups is 1. The summed E-state index contributed by atoms with van der Waals surface area (Å²) in [5, 5.41) is 11.9. The Hall–Kier alpha value is -2.46. The van der Waals surface area contributed by atoms with Crippen molar-refractivity contribution >= 4 is 32.7 Å². The lowest BCUT2D eigenvalue weighted by molar-refractivity contribution is -0.0123. The highest BCUT2D eigenvalue weighted by Gasteiger charge is 2.33. The molecule has 1 aromatic heterocycles. The predicted octanol–water partition coefficient (Wildman–Crippen LogP) is 5.56. The molecule has 39 heavy (non-hydrogen) atoms. The molecule has 2 atom stereocenters. The third-order valence-electron chi connectivity index (χ3n) is 7.64. The average molecular weight is 599 g/mol. The lowest BCUT2D eigenvalue weighted by Crippen LogP contribution is -2.42. The Morgan fingerprint density at radius 3 is 2.59 bits per heavy atom. The normalized spacial score (nSPS) is 23.4. The van der Waals surface area contributed by atoms with Gasteiger partial charge in [-0.25, -0.2) is 0 Å². The second kappa shape index (κ2) is 11.2. The Morgan fingerprint density at radius 2 is 1.85 bits per heavy atom. The molecule has 208 valence electrons. The van der Waals surface area contributed by atoms with Gasteiger partial charge in [0, 0.05) is 24.8 Å². The first-order chi connectivity index (χ1) is 18.9. The highest BCUT2D eigenvalue weighted by atomic mass is 79.9. The summed E-state index contributed by atoms with van der Waals surface area (Å²) >= 11 is 3.90. The molecule has 3 heterocycles. The molecule has 6 rings (SSSR count). The molecule has 1 unspecified atom stereocenters. The Labute approximate surface area is 237 Å². The maximum Gasteiger partial charge on any atom is 0.319 e. The molecule has 3 fully saturated rings. The van der Waals surface area contributed by atoms with Crippen LogP contribution in [0.2, 0.25) is 0 Å². The molecule has 0 spiro atoms. The largest absolute Gasteiger partial charge is 0.483 e. The van der Waals surface area contributed by atoms with Gasteiger partial charge in [-0.3, -0.25) is 0 Å². The zero-order valence-corrected chi connectivity index (χ0v) is 24.2. The molecule has 1 N–H and O–H groups in total. The van der Waals surface area contributed by atoms with Crippen molar-refractivity contribution in [2.24, 2.45) is 0 Å². The Balaban J connectivity index is 1.50. The molecule has 9 heteroatoms. The van der Waals surface area contributed by atoms with E-state index in [0.29, 0.717) is 56.1 Å². The first kappa shape index (κ1) is 26.7. The Kier molecular flexibility index (Phi) is 7.68. The van der Waals surface area contributed by atoms with Crippen LogP contribution in [-0.4, -0.2) is 66.3 Å². The van der Waals surface area contributed by atoms with Gasteiger partial charge in [-0.2, -0.15) is 9.97 Å². The lowest BCUT2D eigenvalue weighted by atomic mass is 10.0. The number of rotatable bonds is 7. The number of benzene rings is 2. The highest BCUT2D eigenvalue weighted by molar-refractivity contribution is 9.10. The van der Waals surface area contributed by atoms with Crippen molar-refractivity contribution in [1.29, 1.82) is 0 Å². The van der Waals surface area contributed by atoms with Gasteiger partial charge in [-0.1, -0.05) is 30.3 Å². The summed E-state index contributed by atoms with van der Waals surface area (Å²) in [6.07, 6.45) is 3.67. The highest BCUT2D eigenvalue weighted by Crippen LogP contribution is 2.50. The van der Waals surface area contributed by atoms with Crippen molar-refractivity contribution in [1.82, 2.24) is 9.97 Å². The monoisotopic (exact) mass is 597 g/mol. The van der Waals surface area contributed by atoms with Crippen LogP contribution in [-0.2, 0) is 9.47 Å². The molecule has 0 bridgehead atoms. The number of anilines is 1. The van der Waals surface area contributed by atoms with Gasteiger partial charge in [0.15, 0.2) is 5.75 Å². The van der Waals surface area contributed by atoms with Crippen LogP contribution < -0.4 is 14.4 Å². The fourth-order valence-corrected chi connectivity index (χ4v) is 6.10. The quantitative estimate of drug-likeness (QED) is 0.379. The zero-order valence-electron chi connectivity index (χ0n) is 22.6. The minimum absolute atomic E-state index is 0.0126. The second-order valence-corrected chi connectivity index (χ2v) is 12.0. The minimum atomic E-state index is -1.01. The molecular formula is C30H36BrN3O5. The molecule has 3 aromatic rings. The summed E-state index contributed by atoms with van der Waals surface area (Å²) in [6, 6.07) is 12.7. The summed E-state index contributed by atoms with van der Waals surface area (Å²) < 4.78 is 25.3. The Bertz CT molecular complexity index is 1310. The van der Waals surface area contributed by atoms with Crippen molar-refractivity contribution in [3.63, 3.8) is 0 Å². The molecule has 2 aliphatic heterocycles. The number of hydrogen-bond donors (Lipinski definition) is 1. The van der Waals surface area contributed by atoms with Gasteiger partial charge in [0.05, 0.1) is 37.4 Å². The Morgan fingerprint density at radius 1 is 1.08 bits per heavy atom. The van der Waals surface area contributed by atoms with Gasteiger partial charge >= 0.3 is 6.01 Å². The molecule has 3 aliphatic rings. The second-order valence-electron chi connectivity index (χ2n) is 11.2. The summed E-state index contributed by atoms with van der Waals surface area (Å²) in [7, 11) is 0. The lowest BCUT2D eigenvalue weighted by Gasteiger charge is -2.30. The van der Waals surface area contributed by atoms with Crippen LogP contribution in [0.5, 0.6) is 11.8 Å². The molecule has 8 nitrogen and oxygen atoms in total. The topological polar surface area (TPSA) is 86.2 Å². The fraction of sp³-hybridized carbons (Fsp3) is 0.533. The fourth-order valence-electron chi connectivity index (χ4n) is 5.39. The molecule has 1 aliphatic carbocycles. The molecule has 0 amide bonds. The van der Waals surface area contributed by atoms with E-state index in [9.17, 15) is 5.11 Å². The van der Waals surface area contributed by atoms with Crippen molar-refractivity contribution < 1.29 is 24.1 Å². The van der Waals surface area contributed by atoms with Crippen LogP contribution >= 0.6 is 15.9 Å². The van der Waals surface area contributed by atoms with Gasteiger partial charge in [0.25, 0.3) is 0 Å². The third kappa shape index (κ3) is 6.01. The molecule has 1 saturated carbocycles. The molecular weight excluding hydrogens is 562 g/mol. The van der Waals surface area contributed by atoms with Crippen LogP contribution in [0, 0.1) is 0 Å². The summed E-state index contributed by atoms with van der Waals surface area (Å²) in [4.78, 5) is 12.0. The molecule has 2 saturated heterocycles. The minimum Gasteiger partial charge on any atom is -0.483 e. The van der Waals surface area contributed by atoms with E-state index < -0.39 is 5.60 Å². The summed E-state index contributed by atoms with van der Waals surface area (Å²) in [6.45, 7) is 6.95. The van der Waals surface area contributed by atoms with Crippen LogP contribution in [0.3, 0.4) is 0 Å². The number of fused-ring (bicyclic) bond motifs is 1. The van der Waals surface area contributed by atoms with Gasteiger partial charge in [-0.05, 0) is 65.7 Å². The van der Waals surface area contributed by atoms with Crippen LogP contribution in [0.25, 0.3) is 10.9 Å². The number of β-amino-alcohol motifs (C(OH)–C–C–N with tert-alkyl or cyclic N) is 1. The predicted molar refractivity (Wildman–Crippen MR) is 153 cm³/mol. The van der Waals surface area contributed by atoms with E-state index in [1.807, 2.05) is 18.2 Å². The van der Waals surface area contributed by atoms with E-state index in [4.69, 9.17) is 28.9 Å². The van der Waals surface area contributed by atoms with E-state index in [1.54, 1.807) is 6.92 Å². The average Bonchev–Trinajstić information content (AvgIpc) is 3.79.